The zero-order chi connectivity index (χ0) is 13.7. The minimum Gasteiger partial charge on any atom is -0.494 e. The van der Waals surface area contributed by atoms with Crippen molar-refractivity contribution in [1.82, 2.24) is 15.0 Å². The largest absolute Gasteiger partial charge is 0.494 e. The van der Waals surface area contributed by atoms with Crippen LogP contribution in [0, 0.1) is 0 Å². The Hall–Kier alpha value is -1.88. The minimum absolute atomic E-state index is 0.0455. The lowest BCUT2D eigenvalue weighted by Gasteiger charge is -2.09. The molecule has 5 nitrogen and oxygen atoms in total. The number of aromatic nitrogens is 3. The van der Waals surface area contributed by atoms with Gasteiger partial charge in [-0.2, -0.15) is 0 Å². The summed E-state index contributed by atoms with van der Waals surface area (Å²) in [6, 6.07) is 7.92. The molecule has 0 bridgehead atoms. The Kier molecular flexibility index (Phi) is 4.52. The average Bonchev–Trinajstić information content (AvgIpc) is 2.89. The summed E-state index contributed by atoms with van der Waals surface area (Å²) < 4.78 is 7.39. The molecular weight excluding hydrogens is 240 g/mol. The number of nitrogens with two attached hydrogens (primary N) is 1. The number of benzene rings is 1. The molecule has 1 heterocycles. The van der Waals surface area contributed by atoms with Crippen LogP contribution in [0.3, 0.4) is 0 Å². The third-order valence-electron chi connectivity index (χ3n) is 2.98. The molecule has 2 N–H and O–H groups in total. The van der Waals surface area contributed by atoms with Gasteiger partial charge >= 0.3 is 0 Å². The molecule has 0 amide bonds. The quantitative estimate of drug-likeness (QED) is 0.864. The van der Waals surface area contributed by atoms with E-state index in [1.54, 1.807) is 4.68 Å². The van der Waals surface area contributed by atoms with Gasteiger partial charge in [0.1, 0.15) is 5.75 Å². The molecule has 0 saturated heterocycles. The summed E-state index contributed by atoms with van der Waals surface area (Å²) in [4.78, 5) is 0. The molecule has 2 rings (SSSR count). The highest BCUT2D eigenvalue weighted by Crippen LogP contribution is 2.19. The number of rotatable bonds is 6. The Labute approximate surface area is 113 Å². The number of hydrogen-bond donors (Lipinski definition) is 1. The summed E-state index contributed by atoms with van der Waals surface area (Å²) in [5.41, 5.74) is 7.86. The van der Waals surface area contributed by atoms with E-state index in [1.807, 2.05) is 44.3 Å². The lowest BCUT2D eigenvalue weighted by molar-refractivity contribution is 0.335. The Bertz CT molecular complexity index is 524. The van der Waals surface area contributed by atoms with Crippen LogP contribution in [0.25, 0.3) is 0 Å². The van der Waals surface area contributed by atoms with Crippen molar-refractivity contribution in [1.29, 1.82) is 0 Å². The summed E-state index contributed by atoms with van der Waals surface area (Å²) in [7, 11) is 0. The number of nitrogens with zero attached hydrogens (tertiary/aromatic N) is 3. The maximum absolute atomic E-state index is 5.94. The first-order valence-corrected chi connectivity index (χ1v) is 6.60. The second-order valence-electron chi connectivity index (χ2n) is 4.40. The molecule has 0 aliphatic heterocycles. The van der Waals surface area contributed by atoms with E-state index in [4.69, 9.17) is 10.5 Å². The van der Waals surface area contributed by atoms with Crippen LogP contribution in [0.4, 0.5) is 0 Å². The van der Waals surface area contributed by atoms with Crippen molar-refractivity contribution in [3.05, 3.63) is 41.7 Å². The monoisotopic (exact) mass is 260 g/mol. The summed E-state index contributed by atoms with van der Waals surface area (Å²) in [5, 5.41) is 8.22. The number of hydrogen-bond acceptors (Lipinski definition) is 4. The minimum atomic E-state index is -0.0455. The molecule has 1 unspecified atom stereocenters. The molecule has 2 aromatic rings. The van der Waals surface area contributed by atoms with E-state index in [0.717, 1.165) is 23.4 Å². The molecule has 0 radical (unpaired) electrons. The third-order valence-corrected chi connectivity index (χ3v) is 2.98. The topological polar surface area (TPSA) is 66.0 Å². The van der Waals surface area contributed by atoms with Crippen molar-refractivity contribution < 1.29 is 4.74 Å². The van der Waals surface area contributed by atoms with Gasteiger partial charge in [0.25, 0.3) is 0 Å². The van der Waals surface area contributed by atoms with Crippen LogP contribution in [-0.4, -0.2) is 21.6 Å². The fourth-order valence-electron chi connectivity index (χ4n) is 1.88. The highest BCUT2D eigenvalue weighted by atomic mass is 16.5. The van der Waals surface area contributed by atoms with Gasteiger partial charge in [-0.3, -0.25) is 0 Å². The Balaban J connectivity index is 2.14. The van der Waals surface area contributed by atoms with E-state index in [2.05, 4.69) is 10.3 Å². The lowest BCUT2D eigenvalue weighted by atomic mass is 10.2. The SMILES string of the molecule is CCOc1ccccc1Cn1cc(C(N)CC)nn1. The van der Waals surface area contributed by atoms with Gasteiger partial charge in [0.05, 0.1) is 31.1 Å². The Morgan fingerprint density at radius 2 is 2.11 bits per heavy atom. The molecule has 0 aliphatic rings. The lowest BCUT2D eigenvalue weighted by Crippen LogP contribution is -2.08. The van der Waals surface area contributed by atoms with Crippen molar-refractivity contribution in [3.63, 3.8) is 0 Å². The summed E-state index contributed by atoms with van der Waals surface area (Å²) in [6.07, 6.45) is 2.76. The highest BCUT2D eigenvalue weighted by molar-refractivity contribution is 5.33. The molecule has 5 heteroatoms. The van der Waals surface area contributed by atoms with Crippen molar-refractivity contribution in [2.24, 2.45) is 5.73 Å². The van der Waals surface area contributed by atoms with Crippen molar-refractivity contribution >= 4 is 0 Å². The van der Waals surface area contributed by atoms with Crippen LogP contribution in [0.1, 0.15) is 37.6 Å². The van der Waals surface area contributed by atoms with Crippen LogP contribution in [-0.2, 0) is 6.54 Å². The molecular formula is C14H20N4O. The van der Waals surface area contributed by atoms with Crippen LogP contribution in [0.2, 0.25) is 0 Å². The first-order chi connectivity index (χ1) is 9.24. The van der Waals surface area contributed by atoms with E-state index in [-0.39, 0.29) is 6.04 Å². The van der Waals surface area contributed by atoms with E-state index in [1.165, 1.54) is 0 Å². The predicted molar refractivity (Wildman–Crippen MR) is 74.0 cm³/mol. The van der Waals surface area contributed by atoms with E-state index >= 15 is 0 Å². The molecule has 0 fully saturated rings. The molecule has 102 valence electrons. The fourth-order valence-corrected chi connectivity index (χ4v) is 1.88. The molecule has 1 aromatic carbocycles. The van der Waals surface area contributed by atoms with Gasteiger partial charge in [0.15, 0.2) is 0 Å². The van der Waals surface area contributed by atoms with Crippen LogP contribution >= 0.6 is 0 Å². The Morgan fingerprint density at radius 1 is 1.32 bits per heavy atom. The number of ether oxygens (including phenoxy) is 1. The van der Waals surface area contributed by atoms with Gasteiger partial charge in [-0.25, -0.2) is 4.68 Å². The summed E-state index contributed by atoms with van der Waals surface area (Å²) in [5.74, 6) is 0.891. The third kappa shape index (κ3) is 3.32. The van der Waals surface area contributed by atoms with Gasteiger partial charge in [-0.15, -0.1) is 5.10 Å². The normalized spacial score (nSPS) is 12.4. The molecule has 0 spiro atoms. The van der Waals surface area contributed by atoms with Gasteiger partial charge in [-0.05, 0) is 19.4 Å². The van der Waals surface area contributed by atoms with Crippen molar-refractivity contribution in [2.75, 3.05) is 6.61 Å². The van der Waals surface area contributed by atoms with Crippen LogP contribution < -0.4 is 10.5 Å². The van der Waals surface area contributed by atoms with Crippen molar-refractivity contribution in [3.8, 4) is 5.75 Å². The van der Waals surface area contributed by atoms with Gasteiger partial charge in [0, 0.05) is 5.56 Å². The van der Waals surface area contributed by atoms with Crippen LogP contribution in [0.15, 0.2) is 30.5 Å². The molecule has 0 saturated carbocycles. The second kappa shape index (κ2) is 6.33. The number of para-hydroxylation sites is 1. The molecule has 1 aromatic heterocycles. The molecule has 1 atom stereocenters. The first-order valence-electron chi connectivity index (χ1n) is 6.60. The molecule has 19 heavy (non-hydrogen) atoms. The van der Waals surface area contributed by atoms with Gasteiger partial charge < -0.3 is 10.5 Å². The van der Waals surface area contributed by atoms with E-state index in [0.29, 0.717) is 13.2 Å². The standard InChI is InChI=1S/C14H20N4O/c1-3-12(15)13-10-18(17-16-13)9-11-7-5-6-8-14(11)19-4-2/h5-8,10,12H,3-4,9,15H2,1-2H3. The molecule has 0 aliphatic carbocycles. The zero-order valence-corrected chi connectivity index (χ0v) is 11.4. The van der Waals surface area contributed by atoms with Crippen molar-refractivity contribution in [2.45, 2.75) is 32.9 Å². The Morgan fingerprint density at radius 3 is 2.84 bits per heavy atom. The van der Waals surface area contributed by atoms with E-state index < -0.39 is 0 Å². The first kappa shape index (κ1) is 13.5. The predicted octanol–water partition coefficient (Wildman–Crippen LogP) is 2.13. The summed E-state index contributed by atoms with van der Waals surface area (Å²) >= 11 is 0. The van der Waals surface area contributed by atoms with Crippen LogP contribution in [0.5, 0.6) is 5.75 Å². The highest BCUT2D eigenvalue weighted by Gasteiger charge is 2.10. The van der Waals surface area contributed by atoms with E-state index in [9.17, 15) is 0 Å². The fraction of sp³-hybridized carbons (Fsp3) is 0.429. The maximum atomic E-state index is 5.94. The van der Waals surface area contributed by atoms with Gasteiger partial charge in [0.2, 0.25) is 0 Å². The second-order valence-corrected chi connectivity index (χ2v) is 4.40. The summed E-state index contributed by atoms with van der Waals surface area (Å²) in [6.45, 7) is 5.30. The zero-order valence-electron chi connectivity index (χ0n) is 11.4. The van der Waals surface area contributed by atoms with Gasteiger partial charge in [-0.1, -0.05) is 30.3 Å². The smallest absolute Gasteiger partial charge is 0.124 e. The average molecular weight is 260 g/mol. The maximum Gasteiger partial charge on any atom is 0.124 e.